The summed E-state index contributed by atoms with van der Waals surface area (Å²) in [5, 5.41) is 0.920. The Bertz CT molecular complexity index is 1340. The molecule has 7 nitrogen and oxygen atoms in total. The Morgan fingerprint density at radius 1 is 0.667 bits per heavy atom. The Balaban J connectivity index is 1.65. The molecule has 0 radical (unpaired) electrons. The Morgan fingerprint density at radius 2 is 1.05 bits per heavy atom. The van der Waals surface area contributed by atoms with E-state index in [1.165, 1.54) is 43.0 Å². The fourth-order valence-electron chi connectivity index (χ4n) is 4.40. The highest BCUT2D eigenvalue weighted by molar-refractivity contribution is 6.37. The molecule has 0 N–H and O–H groups in total. The van der Waals surface area contributed by atoms with Crippen molar-refractivity contribution >= 4 is 64.0 Å². The standard InChI is InChI=1S/C31H33Cl4NO6/c1-18-16-21(17-19(2)20(18)3)36(12-6-14-41-30(37)26-22(32)8-10-24(34)28(26)39-4)13-7-15-42-31(38)27-23(33)9-11-25(35)29(27)40-5/h8-11,16-17H,6-7,12-15H2,1-5H3. The number of carbonyl (C=O) groups excluding carboxylic acids is 2. The molecule has 0 aliphatic rings. The molecule has 0 aliphatic heterocycles. The molecule has 0 amide bonds. The summed E-state index contributed by atoms with van der Waals surface area (Å²) < 4.78 is 21.5. The van der Waals surface area contributed by atoms with Crippen LogP contribution < -0.4 is 14.4 Å². The molecular formula is C31H33Cl4NO6. The van der Waals surface area contributed by atoms with Gasteiger partial charge in [-0.2, -0.15) is 0 Å². The van der Waals surface area contributed by atoms with Crippen molar-refractivity contribution in [2.24, 2.45) is 0 Å². The predicted molar refractivity (Wildman–Crippen MR) is 169 cm³/mol. The van der Waals surface area contributed by atoms with E-state index < -0.39 is 11.9 Å². The molecule has 0 saturated carbocycles. The summed E-state index contributed by atoms with van der Waals surface area (Å²) in [6.45, 7) is 7.67. The van der Waals surface area contributed by atoms with Crippen LogP contribution in [0.4, 0.5) is 5.69 Å². The van der Waals surface area contributed by atoms with Gasteiger partial charge in [-0.1, -0.05) is 46.4 Å². The molecule has 226 valence electrons. The molecule has 11 heteroatoms. The van der Waals surface area contributed by atoms with Crippen molar-refractivity contribution < 1.29 is 28.5 Å². The van der Waals surface area contributed by atoms with Crippen molar-refractivity contribution in [1.82, 2.24) is 0 Å². The summed E-state index contributed by atoms with van der Waals surface area (Å²) in [5.41, 5.74) is 4.75. The Morgan fingerprint density at radius 3 is 1.43 bits per heavy atom. The maximum Gasteiger partial charge on any atom is 0.343 e. The first kappa shape index (κ1) is 33.7. The van der Waals surface area contributed by atoms with Crippen LogP contribution in [-0.4, -0.2) is 52.5 Å². The number of benzene rings is 3. The van der Waals surface area contributed by atoms with Gasteiger partial charge in [0.2, 0.25) is 0 Å². The lowest BCUT2D eigenvalue weighted by molar-refractivity contribution is 0.0494. The van der Waals surface area contributed by atoms with E-state index in [2.05, 4.69) is 37.8 Å². The number of nitrogens with zero attached hydrogens (tertiary/aromatic N) is 1. The number of rotatable bonds is 13. The normalized spacial score (nSPS) is 10.8. The lowest BCUT2D eigenvalue weighted by atomic mass is 10.0. The van der Waals surface area contributed by atoms with Crippen molar-refractivity contribution in [2.45, 2.75) is 33.6 Å². The zero-order valence-electron chi connectivity index (χ0n) is 24.1. The van der Waals surface area contributed by atoms with Gasteiger partial charge in [-0.15, -0.1) is 0 Å². The highest BCUT2D eigenvalue weighted by Crippen LogP contribution is 2.35. The van der Waals surface area contributed by atoms with Crippen molar-refractivity contribution in [1.29, 1.82) is 0 Å². The third-order valence-corrected chi connectivity index (χ3v) is 8.05. The minimum Gasteiger partial charge on any atom is -0.494 e. The number of esters is 2. The molecule has 0 aromatic heterocycles. The number of anilines is 1. The van der Waals surface area contributed by atoms with E-state index in [0.717, 1.165) is 5.69 Å². The highest BCUT2D eigenvalue weighted by atomic mass is 35.5. The molecule has 0 spiro atoms. The first-order valence-corrected chi connectivity index (χ1v) is 14.7. The van der Waals surface area contributed by atoms with Crippen LogP contribution >= 0.6 is 46.4 Å². The van der Waals surface area contributed by atoms with Gasteiger partial charge in [0.15, 0.2) is 11.5 Å². The zero-order valence-corrected chi connectivity index (χ0v) is 27.1. The average molecular weight is 657 g/mol. The number of carbonyl (C=O) groups is 2. The molecular weight excluding hydrogens is 624 g/mol. The minimum absolute atomic E-state index is 0.0894. The van der Waals surface area contributed by atoms with Crippen molar-refractivity contribution in [3.05, 3.63) is 84.3 Å². The van der Waals surface area contributed by atoms with Gasteiger partial charge in [-0.25, -0.2) is 9.59 Å². The lowest BCUT2D eigenvalue weighted by Gasteiger charge is -2.26. The van der Waals surface area contributed by atoms with Gasteiger partial charge in [-0.05, 0) is 86.7 Å². The second-order valence-electron chi connectivity index (χ2n) is 9.55. The lowest BCUT2D eigenvalue weighted by Crippen LogP contribution is -2.28. The van der Waals surface area contributed by atoms with E-state index in [9.17, 15) is 9.59 Å². The van der Waals surface area contributed by atoms with Crippen LogP contribution in [0.1, 0.15) is 50.2 Å². The second kappa shape index (κ2) is 15.6. The first-order valence-electron chi connectivity index (χ1n) is 13.2. The molecule has 42 heavy (non-hydrogen) atoms. The average Bonchev–Trinajstić information content (AvgIpc) is 2.96. The van der Waals surface area contributed by atoms with E-state index in [-0.39, 0.29) is 55.9 Å². The van der Waals surface area contributed by atoms with E-state index in [4.69, 9.17) is 65.4 Å². The van der Waals surface area contributed by atoms with Gasteiger partial charge in [0, 0.05) is 18.8 Å². The molecule has 0 fully saturated rings. The van der Waals surface area contributed by atoms with Crippen LogP contribution in [-0.2, 0) is 9.47 Å². The number of methoxy groups -OCH3 is 2. The largest absolute Gasteiger partial charge is 0.494 e. The van der Waals surface area contributed by atoms with Gasteiger partial charge in [0.05, 0.1) is 47.5 Å². The molecule has 0 atom stereocenters. The third kappa shape index (κ3) is 8.16. The van der Waals surface area contributed by atoms with Crippen LogP contribution in [0.3, 0.4) is 0 Å². The maximum absolute atomic E-state index is 12.8. The van der Waals surface area contributed by atoms with Crippen molar-refractivity contribution in [2.75, 3.05) is 45.4 Å². The Hall–Kier alpha value is -2.84. The van der Waals surface area contributed by atoms with E-state index in [1.807, 2.05) is 0 Å². The van der Waals surface area contributed by atoms with E-state index in [0.29, 0.717) is 25.9 Å². The monoisotopic (exact) mass is 655 g/mol. The molecule has 0 bridgehead atoms. The summed E-state index contributed by atoms with van der Waals surface area (Å²) >= 11 is 24.7. The summed E-state index contributed by atoms with van der Waals surface area (Å²) in [5.74, 6) is -0.884. The van der Waals surface area contributed by atoms with Gasteiger partial charge in [-0.3, -0.25) is 0 Å². The zero-order chi connectivity index (χ0) is 31.0. The predicted octanol–water partition coefficient (Wildman–Crippen LogP) is 8.54. The molecule has 0 unspecified atom stereocenters. The summed E-state index contributed by atoms with van der Waals surface area (Å²) in [7, 11) is 2.82. The van der Waals surface area contributed by atoms with Gasteiger partial charge in [0.25, 0.3) is 0 Å². The topological polar surface area (TPSA) is 74.3 Å². The van der Waals surface area contributed by atoms with Gasteiger partial charge < -0.3 is 23.8 Å². The van der Waals surface area contributed by atoms with Crippen LogP contribution in [0.15, 0.2) is 36.4 Å². The summed E-state index contributed by atoms with van der Waals surface area (Å²) in [6.07, 6.45) is 1.07. The SMILES string of the molecule is COc1c(Cl)ccc(Cl)c1C(=O)OCCCN(CCCOC(=O)c1c(Cl)ccc(Cl)c1OC)c1cc(C)c(C)c(C)c1. The first-order chi connectivity index (χ1) is 20.0. The summed E-state index contributed by atoms with van der Waals surface area (Å²) in [6, 6.07) is 10.4. The van der Waals surface area contributed by atoms with Crippen molar-refractivity contribution in [3.63, 3.8) is 0 Å². The Labute approximate surface area is 266 Å². The fraction of sp³-hybridized carbons (Fsp3) is 0.355. The van der Waals surface area contributed by atoms with Crippen LogP contribution in [0, 0.1) is 20.8 Å². The van der Waals surface area contributed by atoms with Gasteiger partial charge >= 0.3 is 11.9 Å². The van der Waals surface area contributed by atoms with E-state index in [1.54, 1.807) is 12.1 Å². The smallest absolute Gasteiger partial charge is 0.343 e. The van der Waals surface area contributed by atoms with Crippen LogP contribution in [0.25, 0.3) is 0 Å². The number of hydrogen-bond donors (Lipinski definition) is 0. The molecule has 3 aromatic carbocycles. The molecule has 0 saturated heterocycles. The number of aryl methyl sites for hydroxylation is 2. The van der Waals surface area contributed by atoms with Crippen LogP contribution in [0.5, 0.6) is 11.5 Å². The molecule has 3 aromatic rings. The molecule has 0 heterocycles. The van der Waals surface area contributed by atoms with Crippen LogP contribution in [0.2, 0.25) is 20.1 Å². The minimum atomic E-state index is -0.616. The number of halogens is 4. The number of ether oxygens (including phenoxy) is 4. The molecule has 3 rings (SSSR count). The highest BCUT2D eigenvalue weighted by Gasteiger charge is 2.22. The second-order valence-corrected chi connectivity index (χ2v) is 11.2. The molecule has 0 aliphatic carbocycles. The quantitative estimate of drug-likeness (QED) is 0.135. The maximum atomic E-state index is 12.8. The van der Waals surface area contributed by atoms with Crippen molar-refractivity contribution in [3.8, 4) is 11.5 Å². The van der Waals surface area contributed by atoms with E-state index >= 15 is 0 Å². The summed E-state index contributed by atoms with van der Waals surface area (Å²) in [4.78, 5) is 27.7. The number of hydrogen-bond acceptors (Lipinski definition) is 7. The fourth-order valence-corrected chi connectivity index (χ4v) is 5.32. The Kier molecular flexibility index (Phi) is 12.5. The van der Waals surface area contributed by atoms with Gasteiger partial charge in [0.1, 0.15) is 11.1 Å². The third-order valence-electron chi connectivity index (χ3n) is 6.82.